The molecule has 6 nitrogen and oxygen atoms in total. The molecule has 22 heavy (non-hydrogen) atoms. The third-order valence-corrected chi connectivity index (χ3v) is 5.36. The summed E-state index contributed by atoms with van der Waals surface area (Å²) >= 11 is 3.33. The summed E-state index contributed by atoms with van der Waals surface area (Å²) in [6.07, 6.45) is 0. The van der Waals surface area contributed by atoms with Gasteiger partial charge in [0.1, 0.15) is 19.0 Å². The summed E-state index contributed by atoms with van der Waals surface area (Å²) in [5, 5.41) is 0. The van der Waals surface area contributed by atoms with Crippen LogP contribution in [0.2, 0.25) is 0 Å². The van der Waals surface area contributed by atoms with Crippen molar-refractivity contribution in [3.8, 4) is 5.75 Å². The molecule has 8 heteroatoms. The number of carbonyl (C=O) groups excluding carboxylic acids is 1. The number of hydrogen-bond donors (Lipinski definition) is 0. The van der Waals surface area contributed by atoms with Crippen molar-refractivity contribution >= 4 is 31.7 Å². The van der Waals surface area contributed by atoms with Crippen LogP contribution >= 0.6 is 15.9 Å². The lowest BCUT2D eigenvalue weighted by Gasteiger charge is -2.25. The molecule has 1 aliphatic rings. The number of benzene rings is 1. The van der Waals surface area contributed by atoms with Gasteiger partial charge in [0.25, 0.3) is 0 Å². The molecule has 1 heterocycles. The van der Waals surface area contributed by atoms with Crippen LogP contribution in [0.1, 0.15) is 0 Å². The molecule has 0 unspecified atom stereocenters. The second-order valence-corrected chi connectivity index (χ2v) is 8.17. The van der Waals surface area contributed by atoms with Gasteiger partial charge in [-0.05, 0) is 24.3 Å². The molecule has 1 aromatic carbocycles. The fourth-order valence-corrected chi connectivity index (χ4v) is 3.52. The van der Waals surface area contributed by atoms with Crippen molar-refractivity contribution in [2.75, 3.05) is 44.4 Å². The van der Waals surface area contributed by atoms with Crippen LogP contribution in [0.5, 0.6) is 5.75 Å². The molecule has 0 bridgehead atoms. The second-order valence-electron chi connectivity index (χ2n) is 4.95. The number of rotatable bonds is 6. The highest BCUT2D eigenvalue weighted by Crippen LogP contribution is 2.15. The van der Waals surface area contributed by atoms with Crippen molar-refractivity contribution in [3.63, 3.8) is 0 Å². The first kappa shape index (κ1) is 17.2. The lowest BCUT2D eigenvalue weighted by atomic mass is 10.3. The maximum atomic E-state index is 11.7. The van der Waals surface area contributed by atoms with Crippen LogP contribution in [0.25, 0.3) is 0 Å². The Hall–Kier alpha value is -1.12. The Bertz CT molecular complexity index is 588. The molecular weight excluding hydrogens is 374 g/mol. The van der Waals surface area contributed by atoms with E-state index in [0.29, 0.717) is 18.8 Å². The molecule has 1 aliphatic heterocycles. The molecule has 0 aliphatic carbocycles. The molecule has 1 saturated heterocycles. The SMILES string of the molecule is O=C(CN1CCS(=O)(=O)CC1)OCCOc1ccc(Br)cc1. The van der Waals surface area contributed by atoms with Crippen molar-refractivity contribution in [1.29, 1.82) is 0 Å². The number of esters is 1. The van der Waals surface area contributed by atoms with E-state index in [9.17, 15) is 13.2 Å². The van der Waals surface area contributed by atoms with Gasteiger partial charge in [-0.3, -0.25) is 9.69 Å². The molecule has 0 spiro atoms. The van der Waals surface area contributed by atoms with Gasteiger partial charge in [-0.1, -0.05) is 15.9 Å². The average Bonchev–Trinajstić information content (AvgIpc) is 2.48. The van der Waals surface area contributed by atoms with E-state index in [1.165, 1.54) is 0 Å². The third kappa shape index (κ3) is 5.94. The average molecular weight is 392 g/mol. The molecule has 0 N–H and O–H groups in total. The Balaban J connectivity index is 1.61. The van der Waals surface area contributed by atoms with Gasteiger partial charge in [-0.2, -0.15) is 0 Å². The van der Waals surface area contributed by atoms with Gasteiger partial charge >= 0.3 is 5.97 Å². The van der Waals surface area contributed by atoms with Crippen LogP contribution in [-0.4, -0.2) is 63.6 Å². The number of halogens is 1. The minimum atomic E-state index is -2.92. The van der Waals surface area contributed by atoms with E-state index < -0.39 is 9.84 Å². The molecule has 0 radical (unpaired) electrons. The fourth-order valence-electron chi connectivity index (χ4n) is 1.98. The monoisotopic (exact) mass is 391 g/mol. The Kier molecular flexibility index (Phi) is 6.22. The highest BCUT2D eigenvalue weighted by Gasteiger charge is 2.23. The fraction of sp³-hybridized carbons (Fsp3) is 0.500. The minimum absolute atomic E-state index is 0.104. The standard InChI is InChI=1S/C14H18BrNO5S/c15-12-1-3-13(4-2-12)20-7-8-21-14(17)11-16-5-9-22(18,19)10-6-16/h1-4H,5-11H2. The van der Waals surface area contributed by atoms with Gasteiger partial charge in [-0.15, -0.1) is 0 Å². The third-order valence-electron chi connectivity index (χ3n) is 3.22. The van der Waals surface area contributed by atoms with Gasteiger partial charge < -0.3 is 9.47 Å². The molecule has 1 aromatic rings. The van der Waals surface area contributed by atoms with E-state index >= 15 is 0 Å². The zero-order chi connectivity index (χ0) is 16.0. The normalized spacial score (nSPS) is 17.9. The first-order valence-corrected chi connectivity index (χ1v) is 9.53. The minimum Gasteiger partial charge on any atom is -0.490 e. The van der Waals surface area contributed by atoms with Crippen LogP contribution in [-0.2, 0) is 19.4 Å². The maximum Gasteiger partial charge on any atom is 0.320 e. The van der Waals surface area contributed by atoms with Crippen LogP contribution in [0, 0.1) is 0 Å². The summed E-state index contributed by atoms with van der Waals surface area (Å²) in [6, 6.07) is 7.37. The highest BCUT2D eigenvalue weighted by molar-refractivity contribution is 9.10. The van der Waals surface area contributed by atoms with Crippen LogP contribution in [0.4, 0.5) is 0 Å². The molecular formula is C14H18BrNO5S. The first-order chi connectivity index (χ1) is 10.4. The van der Waals surface area contributed by atoms with Crippen molar-refractivity contribution in [2.24, 2.45) is 0 Å². The lowest BCUT2D eigenvalue weighted by molar-refractivity contribution is -0.145. The Labute approximate surface area is 138 Å². The van der Waals surface area contributed by atoms with Crippen molar-refractivity contribution in [2.45, 2.75) is 0 Å². The summed E-state index contributed by atoms with van der Waals surface area (Å²) in [6.45, 7) is 1.33. The second kappa shape index (κ2) is 7.94. The van der Waals surface area contributed by atoms with E-state index in [2.05, 4.69) is 15.9 Å². The predicted octanol–water partition coefficient (Wildman–Crippen LogP) is 1.10. The summed E-state index contributed by atoms with van der Waals surface area (Å²) < 4.78 is 34.1. The number of ether oxygens (including phenoxy) is 2. The molecule has 1 fully saturated rings. The molecule has 0 amide bonds. The van der Waals surface area contributed by atoms with E-state index in [1.807, 2.05) is 24.3 Å². The summed E-state index contributed by atoms with van der Waals surface area (Å²) in [7, 11) is -2.92. The Morgan fingerprint density at radius 1 is 1.14 bits per heavy atom. The van der Waals surface area contributed by atoms with E-state index in [-0.39, 0.29) is 37.2 Å². The van der Waals surface area contributed by atoms with Crippen molar-refractivity contribution in [3.05, 3.63) is 28.7 Å². The van der Waals surface area contributed by atoms with Gasteiger partial charge in [0.2, 0.25) is 0 Å². The van der Waals surface area contributed by atoms with Crippen LogP contribution in [0.15, 0.2) is 28.7 Å². The van der Waals surface area contributed by atoms with Gasteiger partial charge in [0.15, 0.2) is 9.84 Å². The van der Waals surface area contributed by atoms with Crippen LogP contribution in [0.3, 0.4) is 0 Å². The van der Waals surface area contributed by atoms with Gasteiger partial charge in [0, 0.05) is 17.6 Å². The largest absolute Gasteiger partial charge is 0.490 e. The quantitative estimate of drug-likeness (QED) is 0.534. The number of sulfone groups is 1. The molecule has 0 aromatic heterocycles. The summed E-state index contributed by atoms with van der Waals surface area (Å²) in [5.41, 5.74) is 0. The zero-order valence-corrected chi connectivity index (χ0v) is 14.4. The van der Waals surface area contributed by atoms with E-state index in [0.717, 1.165) is 4.47 Å². The Morgan fingerprint density at radius 2 is 1.77 bits per heavy atom. The van der Waals surface area contributed by atoms with Gasteiger partial charge in [0.05, 0.1) is 18.1 Å². The van der Waals surface area contributed by atoms with E-state index in [4.69, 9.17) is 9.47 Å². The smallest absolute Gasteiger partial charge is 0.320 e. The van der Waals surface area contributed by atoms with Crippen LogP contribution < -0.4 is 4.74 Å². The molecule has 122 valence electrons. The number of carbonyl (C=O) groups is 1. The van der Waals surface area contributed by atoms with Crippen molar-refractivity contribution in [1.82, 2.24) is 4.90 Å². The number of nitrogens with zero attached hydrogens (tertiary/aromatic N) is 1. The topological polar surface area (TPSA) is 72.9 Å². The summed E-state index contributed by atoms with van der Waals surface area (Å²) in [5.74, 6) is 0.555. The molecule has 0 saturated carbocycles. The predicted molar refractivity (Wildman–Crippen MR) is 85.7 cm³/mol. The first-order valence-electron chi connectivity index (χ1n) is 6.91. The zero-order valence-electron chi connectivity index (χ0n) is 12.0. The van der Waals surface area contributed by atoms with Gasteiger partial charge in [-0.25, -0.2) is 8.42 Å². The summed E-state index contributed by atoms with van der Waals surface area (Å²) in [4.78, 5) is 13.4. The molecule has 0 atom stereocenters. The highest BCUT2D eigenvalue weighted by atomic mass is 79.9. The Morgan fingerprint density at radius 3 is 2.41 bits per heavy atom. The van der Waals surface area contributed by atoms with Crippen molar-refractivity contribution < 1.29 is 22.7 Å². The lowest BCUT2D eigenvalue weighted by Crippen LogP contribution is -2.43. The number of hydrogen-bond acceptors (Lipinski definition) is 6. The maximum absolute atomic E-state index is 11.7. The molecule has 2 rings (SSSR count). The van der Waals surface area contributed by atoms with E-state index in [1.54, 1.807) is 4.90 Å².